The predicted molar refractivity (Wildman–Crippen MR) is 342 cm³/mol. The molecule has 5 aliphatic rings. The summed E-state index contributed by atoms with van der Waals surface area (Å²) in [6.07, 6.45) is 14.4. The number of benzene rings is 4. The minimum Gasteiger partial charge on any atom is -0.496 e. The summed E-state index contributed by atoms with van der Waals surface area (Å²) in [7, 11) is -6.12. The van der Waals surface area contributed by atoms with Crippen LogP contribution in [0.25, 0.3) is 90.9 Å². The van der Waals surface area contributed by atoms with Crippen LogP contribution in [-0.2, 0) is 29.5 Å². The van der Waals surface area contributed by atoms with E-state index >= 15 is 0 Å². The molecule has 7 aromatic rings. The van der Waals surface area contributed by atoms with E-state index in [-0.39, 0.29) is 47.9 Å². The van der Waals surface area contributed by atoms with E-state index in [0.717, 1.165) is 74.7 Å². The molecule has 2 amide bonds. The zero-order valence-electron chi connectivity index (χ0n) is 49.4. The Morgan fingerprint density at radius 1 is 0.494 bits per heavy atom. The van der Waals surface area contributed by atoms with Crippen molar-refractivity contribution in [3.63, 3.8) is 0 Å². The van der Waals surface area contributed by atoms with Crippen molar-refractivity contribution in [2.75, 3.05) is 85.9 Å². The maximum atomic E-state index is 14.4. The minimum atomic E-state index is -3.99. The molecule has 3 aromatic heterocycles. The molecule has 8 heterocycles. The number of amides is 2. The van der Waals surface area contributed by atoms with Crippen molar-refractivity contribution in [2.45, 2.75) is 68.6 Å². The first-order valence-electron chi connectivity index (χ1n) is 30.2. The maximum absolute atomic E-state index is 14.4. The van der Waals surface area contributed by atoms with E-state index in [0.29, 0.717) is 129 Å². The number of carbonyl (C=O) groups is 2. The highest BCUT2D eigenvalue weighted by Crippen LogP contribution is 2.42. The Balaban J connectivity index is 1.10. The maximum Gasteiger partial charge on any atom is 0.253 e. The number of aromatic nitrogens is 4. The lowest BCUT2D eigenvalue weighted by molar-refractivity contribution is 0.0723. The quantitative estimate of drug-likeness (QED) is 0.0730. The topological polar surface area (TPSA) is 200 Å². The van der Waals surface area contributed by atoms with E-state index in [1.807, 2.05) is 121 Å². The molecule has 0 spiro atoms. The number of nitrogens with one attached hydrogen (secondary N) is 2. The predicted octanol–water partition coefficient (Wildman–Crippen LogP) is 12.0. The Hall–Kier alpha value is -8.04. The summed E-state index contributed by atoms with van der Waals surface area (Å²) in [6.45, 7) is 9.23. The third kappa shape index (κ3) is 12.1. The average Bonchev–Trinajstić information content (AvgIpc) is 1.87. The standard InChI is InChI=1S/C68H72N8O9S2/c1-4-84-43-41-76(42-44-85-5-2)87(81,82)52-24-19-48(20-25-52)65-57-30-28-55(70-57)63(46-13-15-49(16-14-46)67(77)73-37-9-10-38-73)54-27-29-56(69-54)64(47-17-22-51(23-18-47)86(79,80)75-39-11-12-40-75)58-31-33-60(71-58)66(61-34-32-59(65)72-61)53-26-21-50(45-62(53)83-3)68(78)74-35-7-6-8-36-74/h13-34,45,69,72H,4-12,35-44H2,1-3H3. The molecule has 3 fully saturated rings. The molecule has 17 nitrogen and oxygen atoms in total. The van der Waals surface area contributed by atoms with Gasteiger partial charge in [-0.05, 0) is 179 Å². The van der Waals surface area contributed by atoms with Gasteiger partial charge in [-0.2, -0.15) is 8.61 Å². The fraction of sp³-hybridized carbons (Fsp3) is 0.324. The van der Waals surface area contributed by atoms with E-state index in [2.05, 4.69) is 9.97 Å². The molecule has 87 heavy (non-hydrogen) atoms. The van der Waals surface area contributed by atoms with Crippen LogP contribution in [0.15, 0.2) is 125 Å². The van der Waals surface area contributed by atoms with Crippen LogP contribution in [-0.4, -0.2) is 153 Å². The first kappa shape index (κ1) is 59.3. The van der Waals surface area contributed by atoms with Gasteiger partial charge in [-0.3, -0.25) is 9.59 Å². The number of H-pyrrole nitrogens is 2. The fourth-order valence-corrected chi connectivity index (χ4v) is 15.3. The molecule has 2 N–H and O–H groups in total. The number of sulfonamides is 2. The SMILES string of the molecule is CCOCCN(CCOCC)S(=O)(=O)c1ccc(-c2c3nc(c(-c4ccc(C(=O)N5CCCC5)cc4)c4ccc([nH]4)c(-c4ccc(S(=O)(=O)N5CCCC5)cc4)c4nc(c(-c5ccc(C(=O)N6CCCCC6)cc5OC)c5ccc2[nH]5)C=C4)C=C3)cc1. The number of aromatic amines is 2. The highest BCUT2D eigenvalue weighted by molar-refractivity contribution is 7.89. The Bertz CT molecular complexity index is 4190. The molecule has 5 aliphatic heterocycles. The van der Waals surface area contributed by atoms with Crippen molar-refractivity contribution >= 4 is 78.2 Å². The summed E-state index contributed by atoms with van der Waals surface area (Å²) in [5.41, 5.74) is 11.9. The van der Waals surface area contributed by atoms with Crippen LogP contribution in [0.3, 0.4) is 0 Å². The number of likely N-dealkylation sites (tertiary alicyclic amines) is 2. The smallest absolute Gasteiger partial charge is 0.253 e. The van der Waals surface area contributed by atoms with Gasteiger partial charge in [0.1, 0.15) is 5.75 Å². The number of carbonyl (C=O) groups excluding carboxylic acids is 2. The molecule has 0 aliphatic carbocycles. The lowest BCUT2D eigenvalue weighted by Gasteiger charge is -2.27. The first-order chi connectivity index (χ1) is 42.3. The largest absolute Gasteiger partial charge is 0.496 e. The zero-order valence-corrected chi connectivity index (χ0v) is 51.0. The van der Waals surface area contributed by atoms with Gasteiger partial charge in [0.2, 0.25) is 20.0 Å². The zero-order chi connectivity index (χ0) is 60.2. The van der Waals surface area contributed by atoms with E-state index in [1.165, 1.54) is 4.31 Å². The summed E-state index contributed by atoms with van der Waals surface area (Å²) in [6, 6.07) is 35.0. The molecular weight excluding hydrogens is 1140 g/mol. The van der Waals surface area contributed by atoms with Gasteiger partial charge >= 0.3 is 0 Å². The molecule has 0 unspecified atom stereocenters. The van der Waals surface area contributed by atoms with Crippen molar-refractivity contribution in [3.05, 3.63) is 149 Å². The number of ether oxygens (including phenoxy) is 3. The van der Waals surface area contributed by atoms with Crippen LogP contribution in [0.1, 0.15) is 102 Å². The van der Waals surface area contributed by atoms with Gasteiger partial charge in [0.15, 0.2) is 0 Å². The molecule has 0 saturated carbocycles. The van der Waals surface area contributed by atoms with Gasteiger partial charge < -0.3 is 34.0 Å². The van der Waals surface area contributed by atoms with Crippen LogP contribution < -0.4 is 4.74 Å². The number of rotatable bonds is 19. The number of hydrogen-bond donors (Lipinski definition) is 2. The number of piperidine rings is 1. The Labute approximate surface area is 508 Å². The monoisotopic (exact) mass is 1210 g/mol. The van der Waals surface area contributed by atoms with Gasteiger partial charge in [-0.15, -0.1) is 0 Å². The summed E-state index contributed by atoms with van der Waals surface area (Å²) < 4.78 is 77.0. The second-order valence-electron chi connectivity index (χ2n) is 22.3. The van der Waals surface area contributed by atoms with Crippen molar-refractivity contribution in [3.8, 4) is 50.3 Å². The number of hydrogen-bond acceptors (Lipinski definition) is 11. The van der Waals surface area contributed by atoms with Crippen LogP contribution in [0.4, 0.5) is 0 Å². The fourth-order valence-electron chi connectivity index (χ4n) is 12.4. The second-order valence-corrected chi connectivity index (χ2v) is 26.2. The van der Waals surface area contributed by atoms with Crippen molar-refractivity contribution in [1.29, 1.82) is 0 Å². The Morgan fingerprint density at radius 3 is 1.37 bits per heavy atom. The molecule has 0 radical (unpaired) electrons. The van der Waals surface area contributed by atoms with Crippen molar-refractivity contribution in [1.82, 2.24) is 38.3 Å². The Kier molecular flexibility index (Phi) is 17.5. The van der Waals surface area contributed by atoms with Gasteiger partial charge in [0.05, 0.1) is 52.9 Å². The van der Waals surface area contributed by atoms with Crippen molar-refractivity contribution < 1.29 is 40.6 Å². The molecule has 8 bridgehead atoms. The van der Waals surface area contributed by atoms with Gasteiger partial charge in [-0.25, -0.2) is 26.8 Å². The van der Waals surface area contributed by atoms with Gasteiger partial charge in [0.25, 0.3) is 11.8 Å². The number of methoxy groups -OCH3 is 1. The third-order valence-corrected chi connectivity index (χ3v) is 20.8. The van der Waals surface area contributed by atoms with Gasteiger partial charge in [-0.1, -0.05) is 36.4 Å². The number of nitrogens with zero attached hydrogens (tertiary/aromatic N) is 6. The van der Waals surface area contributed by atoms with Crippen LogP contribution in [0.2, 0.25) is 0 Å². The summed E-state index contributed by atoms with van der Waals surface area (Å²) in [4.78, 5) is 50.3. The lowest BCUT2D eigenvalue weighted by atomic mass is 10.00. The van der Waals surface area contributed by atoms with E-state index < -0.39 is 20.0 Å². The van der Waals surface area contributed by atoms with Crippen LogP contribution in [0.5, 0.6) is 5.75 Å². The second kappa shape index (κ2) is 25.7. The number of fused-ring (bicyclic) bond motifs is 8. The normalized spacial score (nSPS) is 15.5. The molecule has 12 rings (SSSR count). The molecule has 450 valence electrons. The van der Waals surface area contributed by atoms with E-state index in [4.69, 9.17) is 24.2 Å². The molecule has 19 heteroatoms. The Morgan fingerprint density at radius 2 is 0.897 bits per heavy atom. The van der Waals surface area contributed by atoms with Crippen molar-refractivity contribution in [2.24, 2.45) is 0 Å². The highest BCUT2D eigenvalue weighted by atomic mass is 32.2. The van der Waals surface area contributed by atoms with Gasteiger partial charge in [0, 0.05) is 127 Å². The van der Waals surface area contributed by atoms with Crippen LogP contribution >= 0.6 is 0 Å². The van der Waals surface area contributed by atoms with E-state index in [1.54, 1.807) is 53.9 Å². The minimum absolute atomic E-state index is 0.0103. The summed E-state index contributed by atoms with van der Waals surface area (Å²) >= 11 is 0. The molecular formula is C68H72N8O9S2. The molecule has 3 saturated heterocycles. The first-order valence-corrected chi connectivity index (χ1v) is 33.1. The lowest BCUT2D eigenvalue weighted by Crippen LogP contribution is -2.36. The highest BCUT2D eigenvalue weighted by Gasteiger charge is 2.30. The summed E-state index contributed by atoms with van der Waals surface area (Å²) in [5.74, 6) is 0.395. The molecule has 0 atom stereocenters. The molecule has 4 aromatic carbocycles. The van der Waals surface area contributed by atoms with E-state index in [9.17, 15) is 26.4 Å². The summed E-state index contributed by atoms with van der Waals surface area (Å²) in [5, 5.41) is 0. The van der Waals surface area contributed by atoms with Crippen LogP contribution in [0, 0.1) is 0 Å². The third-order valence-electron chi connectivity index (χ3n) is 16.9. The average molecular weight is 1210 g/mol.